The van der Waals surface area contributed by atoms with Crippen LogP contribution < -0.4 is 0 Å². The first-order valence-corrected chi connectivity index (χ1v) is 13.4. The Bertz CT molecular complexity index is 656. The Labute approximate surface area is 194 Å². The van der Waals surface area contributed by atoms with Crippen LogP contribution in [0.4, 0.5) is 0 Å². The van der Waals surface area contributed by atoms with Gasteiger partial charge < -0.3 is 25.5 Å². The molecular formula is C27H48O5. The highest BCUT2D eigenvalue weighted by Crippen LogP contribution is 2.68. The van der Waals surface area contributed by atoms with Crippen molar-refractivity contribution < 1.29 is 25.5 Å². The minimum absolute atomic E-state index is 0.0116. The normalized spacial score (nSPS) is 52.6. The van der Waals surface area contributed by atoms with Crippen LogP contribution in [0.5, 0.6) is 0 Å². The lowest BCUT2D eigenvalue weighted by atomic mass is 9.43. The third-order valence-corrected chi connectivity index (χ3v) is 11.1. The molecule has 5 heteroatoms. The van der Waals surface area contributed by atoms with Crippen molar-refractivity contribution in [2.45, 2.75) is 110 Å². The van der Waals surface area contributed by atoms with E-state index in [2.05, 4.69) is 27.7 Å². The Morgan fingerprint density at radius 3 is 2.22 bits per heavy atom. The van der Waals surface area contributed by atoms with Crippen LogP contribution in [-0.4, -0.2) is 56.6 Å². The van der Waals surface area contributed by atoms with E-state index in [4.69, 9.17) is 0 Å². The van der Waals surface area contributed by atoms with E-state index in [0.29, 0.717) is 30.6 Å². The average molecular weight is 453 g/mol. The molecule has 0 saturated heterocycles. The summed E-state index contributed by atoms with van der Waals surface area (Å²) in [6, 6.07) is 0. The van der Waals surface area contributed by atoms with E-state index in [1.54, 1.807) is 0 Å². The molecule has 13 atom stereocenters. The Morgan fingerprint density at radius 1 is 0.844 bits per heavy atom. The summed E-state index contributed by atoms with van der Waals surface area (Å²) in [6.45, 7) is 9.16. The second-order valence-electron chi connectivity index (χ2n) is 12.9. The second-order valence-corrected chi connectivity index (χ2v) is 12.9. The van der Waals surface area contributed by atoms with Gasteiger partial charge in [-0.2, -0.15) is 0 Å². The summed E-state index contributed by atoms with van der Waals surface area (Å²) in [6.07, 6.45) is 6.14. The van der Waals surface area contributed by atoms with Gasteiger partial charge in [0.2, 0.25) is 0 Å². The van der Waals surface area contributed by atoms with Crippen molar-refractivity contribution in [3.05, 3.63) is 0 Å². The molecule has 5 N–H and O–H groups in total. The molecule has 0 bridgehead atoms. The molecule has 4 saturated carbocycles. The first-order valence-electron chi connectivity index (χ1n) is 13.4. The second kappa shape index (κ2) is 9.11. The van der Waals surface area contributed by atoms with E-state index < -0.39 is 18.3 Å². The van der Waals surface area contributed by atoms with Crippen LogP contribution in [0.1, 0.15) is 85.5 Å². The smallest absolute Gasteiger partial charge is 0.0838 e. The van der Waals surface area contributed by atoms with E-state index >= 15 is 0 Å². The van der Waals surface area contributed by atoms with Gasteiger partial charge in [0.1, 0.15) is 0 Å². The van der Waals surface area contributed by atoms with Gasteiger partial charge in [0, 0.05) is 6.61 Å². The van der Waals surface area contributed by atoms with Crippen LogP contribution in [-0.2, 0) is 0 Å². The maximum atomic E-state index is 11.4. The average Bonchev–Trinajstić information content (AvgIpc) is 2.94. The molecule has 0 aromatic rings. The van der Waals surface area contributed by atoms with Crippen LogP contribution in [0.3, 0.4) is 0 Å². The number of fused-ring (bicyclic) bond motifs is 5. The highest BCUT2D eigenvalue weighted by Gasteiger charge is 2.67. The molecule has 4 aliphatic carbocycles. The van der Waals surface area contributed by atoms with E-state index in [0.717, 1.165) is 44.9 Å². The van der Waals surface area contributed by atoms with Gasteiger partial charge >= 0.3 is 0 Å². The monoisotopic (exact) mass is 452 g/mol. The SMILES string of the molecule is C[C@@H](CO)CCC[C@@H](C)[C@H]1[C@@H](O)[C@H](O)[C@H]2[C@@H]3C[C@@H](O)[C@H]4C[C@@H](O)CC[C@]4(C)[C@H]3CC[C@]12C. The molecular weight excluding hydrogens is 404 g/mol. The minimum atomic E-state index is -0.724. The maximum absolute atomic E-state index is 11.4. The number of hydrogen-bond donors (Lipinski definition) is 5. The van der Waals surface area contributed by atoms with Crippen molar-refractivity contribution in [3.8, 4) is 0 Å². The first kappa shape index (κ1) is 24.9. The Hall–Kier alpha value is -0.200. The van der Waals surface area contributed by atoms with Crippen LogP contribution in [0.2, 0.25) is 0 Å². The van der Waals surface area contributed by atoms with E-state index in [1.807, 2.05) is 0 Å². The molecule has 0 radical (unpaired) electrons. The van der Waals surface area contributed by atoms with Gasteiger partial charge in [-0.25, -0.2) is 0 Å². The number of aliphatic hydroxyl groups is 5. The minimum Gasteiger partial charge on any atom is -0.396 e. The zero-order chi connectivity index (χ0) is 23.4. The molecule has 4 fully saturated rings. The predicted octanol–water partition coefficient (Wildman–Crippen LogP) is 3.35. The highest BCUT2D eigenvalue weighted by molar-refractivity contribution is 5.15. The summed E-state index contributed by atoms with van der Waals surface area (Å²) in [5.41, 5.74) is -0.100. The van der Waals surface area contributed by atoms with Gasteiger partial charge in [0.15, 0.2) is 0 Å². The molecule has 186 valence electrons. The van der Waals surface area contributed by atoms with Crippen molar-refractivity contribution in [2.75, 3.05) is 6.61 Å². The van der Waals surface area contributed by atoms with E-state index in [-0.39, 0.29) is 47.2 Å². The van der Waals surface area contributed by atoms with Crippen molar-refractivity contribution >= 4 is 0 Å². The summed E-state index contributed by atoms with van der Waals surface area (Å²) >= 11 is 0. The fraction of sp³-hybridized carbons (Fsp3) is 1.00. The van der Waals surface area contributed by atoms with Crippen molar-refractivity contribution in [1.82, 2.24) is 0 Å². The lowest BCUT2D eigenvalue weighted by Gasteiger charge is -2.62. The summed E-state index contributed by atoms with van der Waals surface area (Å²) < 4.78 is 0. The molecule has 0 unspecified atom stereocenters. The van der Waals surface area contributed by atoms with Gasteiger partial charge in [-0.1, -0.05) is 40.5 Å². The summed E-state index contributed by atoms with van der Waals surface area (Å²) in [4.78, 5) is 0. The summed E-state index contributed by atoms with van der Waals surface area (Å²) in [5.74, 6) is 1.55. The highest BCUT2D eigenvalue weighted by atomic mass is 16.3. The molecule has 0 spiro atoms. The molecule has 0 aliphatic heterocycles. The molecule has 5 nitrogen and oxygen atoms in total. The lowest BCUT2D eigenvalue weighted by molar-refractivity contribution is -0.181. The molecule has 4 rings (SSSR count). The van der Waals surface area contributed by atoms with Gasteiger partial charge in [-0.15, -0.1) is 0 Å². The fourth-order valence-corrected chi connectivity index (χ4v) is 9.45. The van der Waals surface area contributed by atoms with E-state index in [9.17, 15) is 25.5 Å². The largest absolute Gasteiger partial charge is 0.396 e. The van der Waals surface area contributed by atoms with Crippen molar-refractivity contribution in [3.63, 3.8) is 0 Å². The fourth-order valence-electron chi connectivity index (χ4n) is 9.45. The quantitative estimate of drug-likeness (QED) is 0.425. The van der Waals surface area contributed by atoms with Crippen LogP contribution in [0.25, 0.3) is 0 Å². The number of aliphatic hydroxyl groups excluding tert-OH is 5. The standard InChI is InChI=1S/C27H48O5/c1-15(14-28)6-5-7-16(2)22-24(31)25(32)23-18-13-21(30)20-12-17(29)8-10-26(20,3)19(18)9-11-27(22,23)4/h15-25,28-32H,5-14H2,1-4H3/t15-,16-,17+,18-,19+,20-,21-,22+,23-,24-,25-,26-,27-/m1/s1. The molecule has 0 aromatic heterocycles. The number of rotatable bonds is 6. The zero-order valence-corrected chi connectivity index (χ0v) is 20.7. The molecule has 0 heterocycles. The van der Waals surface area contributed by atoms with Gasteiger partial charge in [0.05, 0.1) is 24.4 Å². The predicted molar refractivity (Wildman–Crippen MR) is 125 cm³/mol. The van der Waals surface area contributed by atoms with Crippen LogP contribution in [0, 0.1) is 52.3 Å². The summed E-state index contributed by atoms with van der Waals surface area (Å²) in [5, 5.41) is 53.4. The Morgan fingerprint density at radius 2 is 1.53 bits per heavy atom. The van der Waals surface area contributed by atoms with Crippen LogP contribution >= 0.6 is 0 Å². The van der Waals surface area contributed by atoms with Crippen molar-refractivity contribution in [1.29, 1.82) is 0 Å². The maximum Gasteiger partial charge on any atom is 0.0838 e. The van der Waals surface area contributed by atoms with E-state index in [1.165, 1.54) is 0 Å². The third-order valence-electron chi connectivity index (χ3n) is 11.1. The molecule has 0 aromatic carbocycles. The molecule has 4 aliphatic rings. The van der Waals surface area contributed by atoms with Gasteiger partial charge in [-0.05, 0) is 97.2 Å². The zero-order valence-electron chi connectivity index (χ0n) is 20.7. The van der Waals surface area contributed by atoms with Crippen molar-refractivity contribution in [2.24, 2.45) is 52.3 Å². The lowest BCUT2D eigenvalue weighted by Crippen LogP contribution is -2.59. The molecule has 32 heavy (non-hydrogen) atoms. The molecule has 0 amide bonds. The van der Waals surface area contributed by atoms with Crippen LogP contribution in [0.15, 0.2) is 0 Å². The summed E-state index contributed by atoms with van der Waals surface area (Å²) in [7, 11) is 0. The van der Waals surface area contributed by atoms with Gasteiger partial charge in [0.25, 0.3) is 0 Å². The first-order chi connectivity index (χ1) is 15.0. The Balaban J connectivity index is 1.55. The third kappa shape index (κ3) is 3.88. The van der Waals surface area contributed by atoms with Gasteiger partial charge in [-0.3, -0.25) is 0 Å². The Kier molecular flexibility index (Phi) is 7.09. The topological polar surface area (TPSA) is 101 Å². The number of hydrogen-bond acceptors (Lipinski definition) is 5.